The van der Waals surface area contributed by atoms with Gasteiger partial charge in [-0.2, -0.15) is 0 Å². The first-order chi connectivity index (χ1) is 27.8. The molecule has 9 aromatic carbocycles. The highest BCUT2D eigenvalue weighted by Crippen LogP contribution is 2.55. The van der Waals surface area contributed by atoms with E-state index in [0.717, 1.165) is 0 Å². The SMILES string of the molecule is c1ccc(-c2cccc(-c3cc(-c4ccccc4)cc(-c4ccc(C5c6ccccc6-c6cc7c(cc65)C(c5ccccc5)c5ccccc5-7)cc4)c3)c2)cc1. The summed E-state index contributed by atoms with van der Waals surface area (Å²) in [5.74, 6) is 0.381. The van der Waals surface area contributed by atoms with Gasteiger partial charge in [0.05, 0.1) is 0 Å². The molecule has 0 saturated carbocycles. The summed E-state index contributed by atoms with van der Waals surface area (Å²) in [5.41, 5.74) is 23.4. The minimum Gasteiger partial charge on any atom is -0.0622 e. The number of hydrogen-bond acceptors (Lipinski definition) is 0. The molecule has 2 atom stereocenters. The van der Waals surface area contributed by atoms with E-state index in [4.69, 9.17) is 0 Å². The average Bonchev–Trinajstić information content (AvgIpc) is 3.78. The van der Waals surface area contributed by atoms with Crippen LogP contribution in [0.1, 0.15) is 45.2 Å². The van der Waals surface area contributed by atoms with Crippen LogP contribution < -0.4 is 0 Å². The Kier molecular flexibility index (Phi) is 7.74. The van der Waals surface area contributed by atoms with Crippen molar-refractivity contribution in [1.82, 2.24) is 0 Å². The van der Waals surface area contributed by atoms with Crippen molar-refractivity contribution >= 4 is 0 Å². The fourth-order valence-electron chi connectivity index (χ4n) is 9.40. The van der Waals surface area contributed by atoms with Crippen LogP contribution in [0.4, 0.5) is 0 Å². The third-order valence-electron chi connectivity index (χ3n) is 12.0. The third-order valence-corrected chi connectivity index (χ3v) is 12.0. The van der Waals surface area contributed by atoms with E-state index in [1.54, 1.807) is 0 Å². The van der Waals surface area contributed by atoms with E-state index in [9.17, 15) is 0 Å². The lowest BCUT2D eigenvalue weighted by molar-refractivity contribution is 0.982. The number of benzene rings is 9. The largest absolute Gasteiger partial charge is 0.0622 e. The molecular weight excluding hydrogens is 673 g/mol. The summed E-state index contributed by atoms with van der Waals surface area (Å²) in [7, 11) is 0. The zero-order valence-corrected chi connectivity index (χ0v) is 30.9. The van der Waals surface area contributed by atoms with Crippen LogP contribution in [0, 0.1) is 0 Å². The molecular formula is C56H38. The standard InChI is InChI=1S/C56H38/c1-4-15-37(16-5-1)42-21-14-22-43(31-42)46-33-44(38-17-6-2-7-18-38)32-45(34-46)39-27-29-41(30-28-39)56-50-26-13-11-24-48(50)52-35-51-47-23-10-12-25-49(47)55(53(51)36-54(52)56)40-19-8-3-9-20-40/h1-36,55-56H. The van der Waals surface area contributed by atoms with Gasteiger partial charge in [0.2, 0.25) is 0 Å². The molecule has 0 N–H and O–H groups in total. The molecule has 0 saturated heterocycles. The topological polar surface area (TPSA) is 0 Å². The smallest absolute Gasteiger partial charge is 0.0352 e. The van der Waals surface area contributed by atoms with Crippen LogP contribution in [0.2, 0.25) is 0 Å². The highest BCUT2D eigenvalue weighted by molar-refractivity contribution is 5.90. The molecule has 0 fully saturated rings. The molecule has 56 heavy (non-hydrogen) atoms. The molecule has 2 unspecified atom stereocenters. The van der Waals surface area contributed by atoms with E-state index in [1.807, 2.05) is 0 Å². The van der Waals surface area contributed by atoms with Gasteiger partial charge in [-0.05, 0) is 130 Å². The highest BCUT2D eigenvalue weighted by Gasteiger charge is 2.36. The van der Waals surface area contributed by atoms with Crippen LogP contribution in [0.3, 0.4) is 0 Å². The zero-order chi connectivity index (χ0) is 37.0. The van der Waals surface area contributed by atoms with Crippen molar-refractivity contribution in [2.45, 2.75) is 11.8 Å². The van der Waals surface area contributed by atoms with Crippen LogP contribution in [-0.2, 0) is 0 Å². The molecule has 0 aliphatic heterocycles. The van der Waals surface area contributed by atoms with Gasteiger partial charge in [0.25, 0.3) is 0 Å². The maximum atomic E-state index is 2.54. The van der Waals surface area contributed by atoms with E-state index in [1.165, 1.54) is 100 Å². The average molecular weight is 711 g/mol. The fourth-order valence-corrected chi connectivity index (χ4v) is 9.40. The number of hydrogen-bond donors (Lipinski definition) is 0. The Balaban J connectivity index is 1.01. The van der Waals surface area contributed by atoms with Crippen molar-refractivity contribution in [3.05, 3.63) is 252 Å². The van der Waals surface area contributed by atoms with Gasteiger partial charge in [-0.3, -0.25) is 0 Å². The molecule has 262 valence electrons. The molecule has 9 aromatic rings. The molecule has 0 heteroatoms. The molecule has 0 nitrogen and oxygen atoms in total. The van der Waals surface area contributed by atoms with Crippen molar-refractivity contribution in [3.63, 3.8) is 0 Å². The molecule has 0 heterocycles. The minimum atomic E-state index is 0.160. The first-order valence-electron chi connectivity index (χ1n) is 19.6. The third kappa shape index (κ3) is 5.45. The van der Waals surface area contributed by atoms with Gasteiger partial charge in [-0.15, -0.1) is 0 Å². The van der Waals surface area contributed by atoms with Crippen molar-refractivity contribution < 1.29 is 0 Å². The molecule has 0 spiro atoms. The first-order valence-corrected chi connectivity index (χ1v) is 19.6. The van der Waals surface area contributed by atoms with Gasteiger partial charge in [0, 0.05) is 11.8 Å². The minimum absolute atomic E-state index is 0.160. The maximum Gasteiger partial charge on any atom is 0.0352 e. The number of rotatable bonds is 6. The fraction of sp³-hybridized carbons (Fsp3) is 0.0357. The molecule has 0 aromatic heterocycles. The Bertz CT molecular complexity index is 2880. The van der Waals surface area contributed by atoms with Crippen LogP contribution in [-0.4, -0.2) is 0 Å². The zero-order valence-electron chi connectivity index (χ0n) is 30.9. The van der Waals surface area contributed by atoms with Gasteiger partial charge in [0.1, 0.15) is 0 Å². The molecule has 2 aliphatic carbocycles. The summed E-state index contributed by atoms with van der Waals surface area (Å²) in [6.45, 7) is 0. The normalized spacial score (nSPS) is 14.8. The van der Waals surface area contributed by atoms with Gasteiger partial charge in [-0.1, -0.05) is 188 Å². The second-order valence-electron chi connectivity index (χ2n) is 15.2. The van der Waals surface area contributed by atoms with Gasteiger partial charge >= 0.3 is 0 Å². The Morgan fingerprint density at radius 3 is 1.12 bits per heavy atom. The summed E-state index contributed by atoms with van der Waals surface area (Å²) in [4.78, 5) is 0. The van der Waals surface area contributed by atoms with E-state index < -0.39 is 0 Å². The molecule has 2 aliphatic rings. The van der Waals surface area contributed by atoms with Gasteiger partial charge < -0.3 is 0 Å². The Morgan fingerprint density at radius 1 is 0.196 bits per heavy atom. The van der Waals surface area contributed by atoms with Crippen LogP contribution in [0.15, 0.2) is 218 Å². The van der Waals surface area contributed by atoms with E-state index in [2.05, 4.69) is 218 Å². The van der Waals surface area contributed by atoms with Crippen molar-refractivity contribution in [3.8, 4) is 66.8 Å². The van der Waals surface area contributed by atoms with Gasteiger partial charge in [0.15, 0.2) is 0 Å². The second-order valence-corrected chi connectivity index (χ2v) is 15.2. The molecule has 0 radical (unpaired) electrons. The molecule has 0 bridgehead atoms. The van der Waals surface area contributed by atoms with Crippen molar-refractivity contribution in [2.75, 3.05) is 0 Å². The summed E-state index contributed by atoms with van der Waals surface area (Å²) < 4.78 is 0. The Labute approximate surface area is 329 Å². The summed E-state index contributed by atoms with van der Waals surface area (Å²) in [6, 6.07) is 80.9. The Hall–Kier alpha value is -7.02. The van der Waals surface area contributed by atoms with E-state index in [0.29, 0.717) is 0 Å². The van der Waals surface area contributed by atoms with Crippen LogP contribution >= 0.6 is 0 Å². The summed E-state index contributed by atoms with van der Waals surface area (Å²) >= 11 is 0. The molecule has 0 amide bonds. The second kappa shape index (κ2) is 13.4. The first kappa shape index (κ1) is 32.4. The lowest BCUT2D eigenvalue weighted by atomic mass is 9.84. The summed E-state index contributed by atoms with van der Waals surface area (Å²) in [5, 5.41) is 0. The highest BCUT2D eigenvalue weighted by atomic mass is 14.4. The monoisotopic (exact) mass is 710 g/mol. The molecule has 11 rings (SSSR count). The lowest BCUT2D eigenvalue weighted by Gasteiger charge is -2.19. The van der Waals surface area contributed by atoms with Crippen LogP contribution in [0.25, 0.3) is 66.8 Å². The lowest BCUT2D eigenvalue weighted by Crippen LogP contribution is -2.02. The van der Waals surface area contributed by atoms with Gasteiger partial charge in [-0.25, -0.2) is 0 Å². The van der Waals surface area contributed by atoms with E-state index >= 15 is 0 Å². The Morgan fingerprint density at radius 2 is 0.571 bits per heavy atom. The quantitative estimate of drug-likeness (QED) is 0.161. The number of fused-ring (bicyclic) bond motifs is 6. The predicted octanol–water partition coefficient (Wildman–Crippen LogP) is 14.7. The van der Waals surface area contributed by atoms with Crippen molar-refractivity contribution in [1.29, 1.82) is 0 Å². The maximum absolute atomic E-state index is 2.54. The predicted molar refractivity (Wildman–Crippen MR) is 234 cm³/mol. The van der Waals surface area contributed by atoms with Crippen LogP contribution in [0.5, 0.6) is 0 Å². The van der Waals surface area contributed by atoms with Crippen molar-refractivity contribution in [2.24, 2.45) is 0 Å². The van der Waals surface area contributed by atoms with E-state index in [-0.39, 0.29) is 11.8 Å². The summed E-state index contributed by atoms with van der Waals surface area (Å²) in [6.07, 6.45) is 0.